The summed E-state index contributed by atoms with van der Waals surface area (Å²) in [6, 6.07) is 11.1. The van der Waals surface area contributed by atoms with Crippen LogP contribution in [0, 0.1) is 11.8 Å². The molecule has 1 saturated heterocycles. The average molecular weight is 523 g/mol. The van der Waals surface area contributed by atoms with E-state index in [1.54, 1.807) is 42.5 Å². The van der Waals surface area contributed by atoms with Crippen LogP contribution in [0.15, 0.2) is 46.8 Å². The van der Waals surface area contributed by atoms with Crippen molar-refractivity contribution in [3.05, 3.63) is 52.5 Å². The highest BCUT2D eigenvalue weighted by Crippen LogP contribution is 2.36. The van der Waals surface area contributed by atoms with Gasteiger partial charge < -0.3 is 14.7 Å². The second kappa shape index (κ2) is 11.7. The minimum Gasteiger partial charge on any atom is -0.497 e. The van der Waals surface area contributed by atoms with Crippen LogP contribution in [-0.2, 0) is 4.79 Å². The third-order valence-corrected chi connectivity index (χ3v) is 8.91. The van der Waals surface area contributed by atoms with E-state index in [0.29, 0.717) is 30.7 Å². The monoisotopic (exact) mass is 522 g/mol. The van der Waals surface area contributed by atoms with Gasteiger partial charge in [-0.25, -0.2) is 4.39 Å². The number of methoxy groups -OCH3 is 1. The van der Waals surface area contributed by atoms with Gasteiger partial charge in [0.1, 0.15) is 11.9 Å². The SMILES string of the molecule is COc1ccc2nccc([C@@H](F)CC[C@@H]3CCN(CCSc4ccc(Cl)s4)C[C@@H]3C(=O)O)c2c1. The van der Waals surface area contributed by atoms with Crippen molar-refractivity contribution in [1.29, 1.82) is 0 Å². The number of carbonyl (C=O) groups is 1. The second-order valence-electron chi connectivity index (χ2n) is 8.53. The Kier molecular flexibility index (Phi) is 8.69. The molecule has 1 aliphatic rings. The molecular weight excluding hydrogens is 495 g/mol. The van der Waals surface area contributed by atoms with Crippen LogP contribution in [0.4, 0.5) is 4.39 Å². The Labute approximate surface area is 212 Å². The Morgan fingerprint density at radius 3 is 2.97 bits per heavy atom. The summed E-state index contributed by atoms with van der Waals surface area (Å²) in [7, 11) is 1.58. The van der Waals surface area contributed by atoms with Gasteiger partial charge in [0.25, 0.3) is 0 Å². The number of thioether (sulfide) groups is 1. The van der Waals surface area contributed by atoms with Gasteiger partial charge in [0, 0.05) is 30.4 Å². The van der Waals surface area contributed by atoms with Gasteiger partial charge in [-0.2, -0.15) is 0 Å². The van der Waals surface area contributed by atoms with Crippen molar-refractivity contribution in [2.24, 2.45) is 11.8 Å². The van der Waals surface area contributed by atoms with E-state index < -0.39 is 18.1 Å². The number of hydrogen-bond donors (Lipinski definition) is 1. The molecule has 0 bridgehead atoms. The number of likely N-dealkylation sites (tertiary alicyclic amines) is 1. The number of fused-ring (bicyclic) bond motifs is 1. The van der Waals surface area contributed by atoms with Gasteiger partial charge in [-0.3, -0.25) is 9.78 Å². The summed E-state index contributed by atoms with van der Waals surface area (Å²) in [6.07, 6.45) is 2.04. The minimum absolute atomic E-state index is 0.0293. The number of rotatable bonds is 10. The first kappa shape index (κ1) is 25.2. The third-order valence-electron chi connectivity index (χ3n) is 6.47. The fraction of sp³-hybridized carbons (Fsp3) is 0.440. The fourth-order valence-electron chi connectivity index (χ4n) is 4.61. The lowest BCUT2D eigenvalue weighted by Gasteiger charge is -2.36. The molecule has 0 unspecified atom stereocenters. The predicted molar refractivity (Wildman–Crippen MR) is 137 cm³/mol. The molecule has 3 aromatic rings. The molecule has 3 heterocycles. The first-order valence-corrected chi connectivity index (χ1v) is 13.5. The number of benzene rings is 1. The van der Waals surface area contributed by atoms with Crippen LogP contribution in [-0.4, -0.2) is 53.5 Å². The van der Waals surface area contributed by atoms with Gasteiger partial charge >= 0.3 is 5.97 Å². The largest absolute Gasteiger partial charge is 0.497 e. The number of nitrogens with zero attached hydrogens (tertiary/aromatic N) is 2. The lowest BCUT2D eigenvalue weighted by Crippen LogP contribution is -2.44. The van der Waals surface area contributed by atoms with Crippen LogP contribution in [0.2, 0.25) is 4.34 Å². The number of piperidine rings is 1. The highest BCUT2D eigenvalue weighted by atomic mass is 35.5. The zero-order chi connectivity index (χ0) is 24.1. The Morgan fingerprint density at radius 2 is 2.24 bits per heavy atom. The zero-order valence-corrected chi connectivity index (χ0v) is 21.3. The van der Waals surface area contributed by atoms with E-state index in [4.69, 9.17) is 16.3 Å². The Balaban J connectivity index is 1.33. The van der Waals surface area contributed by atoms with Crippen LogP contribution >= 0.6 is 34.7 Å². The quantitative estimate of drug-likeness (QED) is 0.304. The molecule has 0 radical (unpaired) electrons. The molecule has 1 N–H and O–H groups in total. The number of aliphatic carboxylic acids is 1. The van der Waals surface area contributed by atoms with Gasteiger partial charge in [-0.05, 0) is 73.7 Å². The average Bonchev–Trinajstić information content (AvgIpc) is 3.26. The minimum atomic E-state index is -1.18. The van der Waals surface area contributed by atoms with E-state index in [2.05, 4.69) is 9.88 Å². The van der Waals surface area contributed by atoms with Gasteiger partial charge in [-0.1, -0.05) is 11.6 Å². The number of pyridine rings is 1. The molecule has 1 aliphatic heterocycles. The molecule has 4 rings (SSSR count). The molecule has 0 spiro atoms. The molecule has 5 nitrogen and oxygen atoms in total. The highest BCUT2D eigenvalue weighted by Gasteiger charge is 2.34. The van der Waals surface area contributed by atoms with Crippen LogP contribution in [0.1, 0.15) is 31.0 Å². The Bertz CT molecular complexity index is 1130. The number of thiophene rings is 1. The zero-order valence-electron chi connectivity index (χ0n) is 19.0. The maximum Gasteiger partial charge on any atom is 0.308 e. The van der Waals surface area contributed by atoms with Crippen molar-refractivity contribution in [1.82, 2.24) is 9.88 Å². The normalized spacial score (nSPS) is 19.9. The summed E-state index contributed by atoms with van der Waals surface area (Å²) in [6.45, 7) is 2.18. The van der Waals surface area contributed by atoms with E-state index in [9.17, 15) is 9.90 Å². The van der Waals surface area contributed by atoms with E-state index in [-0.39, 0.29) is 5.92 Å². The van der Waals surface area contributed by atoms with Gasteiger partial charge in [0.2, 0.25) is 0 Å². The summed E-state index contributed by atoms with van der Waals surface area (Å²) in [4.78, 5) is 18.5. The van der Waals surface area contributed by atoms with E-state index in [0.717, 1.165) is 40.5 Å². The summed E-state index contributed by atoms with van der Waals surface area (Å²) < 4.78 is 22.6. The summed E-state index contributed by atoms with van der Waals surface area (Å²) in [5, 5.41) is 10.6. The van der Waals surface area contributed by atoms with E-state index >= 15 is 4.39 Å². The van der Waals surface area contributed by atoms with Crippen molar-refractivity contribution < 1.29 is 19.0 Å². The molecule has 3 atom stereocenters. The maximum absolute atomic E-state index is 15.4. The maximum atomic E-state index is 15.4. The van der Waals surface area contributed by atoms with E-state index in [1.807, 2.05) is 30.3 Å². The first-order chi connectivity index (χ1) is 16.4. The number of hydrogen-bond acceptors (Lipinski definition) is 6. The summed E-state index contributed by atoms with van der Waals surface area (Å²) in [5.74, 6) is 0.253. The predicted octanol–water partition coefficient (Wildman–Crippen LogP) is 6.56. The molecule has 0 amide bonds. The lowest BCUT2D eigenvalue weighted by atomic mass is 9.81. The molecule has 1 fully saturated rings. The number of carboxylic acid groups (broad SMARTS) is 1. The standard InChI is InChI=1S/C25H28ClFN2O3S2/c1-32-17-3-5-22-19(14-17)18(8-10-28-22)21(27)4-2-16-9-11-29(15-20(16)25(30)31)12-13-33-24-7-6-23(26)34-24/h3,5-8,10,14,16,20-21H,2,4,9,11-13,15H2,1H3,(H,30,31)/t16-,20+,21+/m1/s1. The number of carboxylic acids is 1. The molecular formula is C25H28ClFN2O3S2. The first-order valence-electron chi connectivity index (χ1n) is 11.3. The molecule has 34 heavy (non-hydrogen) atoms. The molecule has 9 heteroatoms. The van der Waals surface area contributed by atoms with Crippen molar-refractivity contribution in [3.63, 3.8) is 0 Å². The van der Waals surface area contributed by atoms with Crippen LogP contribution in [0.25, 0.3) is 10.9 Å². The Hall–Kier alpha value is -1.87. The third kappa shape index (κ3) is 6.22. The lowest BCUT2D eigenvalue weighted by molar-refractivity contribution is -0.146. The smallest absolute Gasteiger partial charge is 0.308 e. The number of ether oxygens (including phenoxy) is 1. The van der Waals surface area contributed by atoms with Gasteiger partial charge in [-0.15, -0.1) is 23.1 Å². The molecule has 1 aromatic carbocycles. The summed E-state index contributed by atoms with van der Waals surface area (Å²) >= 11 is 9.29. The summed E-state index contributed by atoms with van der Waals surface area (Å²) in [5.41, 5.74) is 1.30. The number of halogens is 2. The van der Waals surface area contributed by atoms with Crippen molar-refractivity contribution >= 4 is 51.6 Å². The van der Waals surface area contributed by atoms with Crippen molar-refractivity contribution in [2.75, 3.05) is 32.5 Å². The van der Waals surface area contributed by atoms with Crippen LogP contribution in [0.5, 0.6) is 5.75 Å². The van der Waals surface area contributed by atoms with Gasteiger partial charge in [0.05, 0.1) is 27.1 Å². The molecule has 0 saturated carbocycles. The fourth-order valence-corrected chi connectivity index (χ4v) is 6.99. The van der Waals surface area contributed by atoms with E-state index in [1.165, 1.54) is 4.21 Å². The molecule has 2 aromatic heterocycles. The van der Waals surface area contributed by atoms with Crippen molar-refractivity contribution in [3.8, 4) is 5.75 Å². The molecule has 0 aliphatic carbocycles. The topological polar surface area (TPSA) is 62.7 Å². The van der Waals surface area contributed by atoms with Crippen LogP contribution < -0.4 is 4.74 Å². The van der Waals surface area contributed by atoms with Gasteiger partial charge in [0.15, 0.2) is 0 Å². The number of alkyl halides is 1. The van der Waals surface area contributed by atoms with Crippen LogP contribution in [0.3, 0.4) is 0 Å². The Morgan fingerprint density at radius 1 is 1.38 bits per heavy atom. The second-order valence-corrected chi connectivity index (χ2v) is 11.6. The number of aromatic nitrogens is 1. The van der Waals surface area contributed by atoms with Crippen molar-refractivity contribution in [2.45, 2.75) is 29.6 Å². The highest BCUT2D eigenvalue weighted by molar-refractivity contribution is 8.01. The molecule has 182 valence electrons.